The van der Waals surface area contributed by atoms with Crippen molar-refractivity contribution in [3.05, 3.63) is 119 Å². The van der Waals surface area contributed by atoms with Gasteiger partial charge in [0, 0.05) is 101 Å². The van der Waals surface area contributed by atoms with Crippen LogP contribution in [0, 0.1) is 27.7 Å². The van der Waals surface area contributed by atoms with Gasteiger partial charge in [0.05, 0.1) is 29.4 Å². The van der Waals surface area contributed by atoms with Crippen molar-refractivity contribution in [2.45, 2.75) is 14.4 Å². The summed E-state index contributed by atoms with van der Waals surface area (Å²) in [4.78, 5) is 24.9. The van der Waals surface area contributed by atoms with Crippen molar-refractivity contribution in [3.63, 3.8) is 0 Å². The summed E-state index contributed by atoms with van der Waals surface area (Å²) in [7, 11) is 2.88. The smallest absolute Gasteiger partial charge is 0.271 e. The van der Waals surface area contributed by atoms with Gasteiger partial charge in [-0.05, 0) is 65.1 Å². The van der Waals surface area contributed by atoms with Crippen LogP contribution in [-0.4, -0.2) is 56.2 Å². The van der Waals surface area contributed by atoms with Gasteiger partial charge in [0.15, 0.2) is 0 Å². The maximum atomic E-state index is 10.5. The molecule has 0 radical (unpaired) electrons. The van der Waals surface area contributed by atoms with Crippen molar-refractivity contribution in [2.24, 2.45) is 14.1 Å². The number of nitrogens with two attached hydrogens (primary N) is 1. The van der Waals surface area contributed by atoms with E-state index < -0.39 is 12.1 Å². The van der Waals surface area contributed by atoms with Gasteiger partial charge < -0.3 is 32.4 Å². The van der Waals surface area contributed by atoms with Crippen LogP contribution in [0.1, 0.15) is 15.7 Å². The Labute approximate surface area is 306 Å². The van der Waals surface area contributed by atoms with Crippen molar-refractivity contribution >= 4 is 80.8 Å². The molecule has 0 aliphatic carbocycles. The molecular weight excluding hydrogens is 812 g/mol. The Kier molecular flexibility index (Phi) is 26.7. The minimum atomic E-state index is -1.00. The molecule has 0 amide bonds. The molecule has 15 heteroatoms. The number of H-pyrrole nitrogens is 1. The van der Waals surface area contributed by atoms with Crippen LogP contribution in [0.2, 0.25) is 0 Å². The summed E-state index contributed by atoms with van der Waals surface area (Å²) in [5.41, 5.74) is 9.57. The number of anilines is 1. The Morgan fingerprint density at radius 2 is 1.28 bits per heavy atom. The zero-order chi connectivity index (χ0) is 33.2. The number of nitrogens with zero attached hydrogens (tertiary/aromatic N) is 4. The Morgan fingerprint density at radius 3 is 1.74 bits per heavy atom. The van der Waals surface area contributed by atoms with E-state index in [1.54, 1.807) is 31.3 Å². The van der Waals surface area contributed by atoms with Gasteiger partial charge in [-0.25, -0.2) is 0 Å². The molecule has 0 saturated carbocycles. The summed E-state index contributed by atoms with van der Waals surface area (Å²) in [6.07, 6.45) is 5.67. The molecule has 0 bridgehead atoms. The van der Waals surface area contributed by atoms with E-state index in [9.17, 15) is 24.6 Å². The van der Waals surface area contributed by atoms with Gasteiger partial charge in [-0.15, -0.1) is 0 Å². The molecule has 11 nitrogen and oxygen atoms in total. The number of aryl methyl sites for hydroxylation is 2. The number of aromatic nitrogens is 3. The molecule has 3 aromatic carbocycles. The zero-order valence-corrected chi connectivity index (χ0v) is 29.3. The Balaban J connectivity index is -0.000000263. The number of nitro benzene ring substituents is 2. The number of nitrogens with one attached hydrogen (secondary N) is 1. The van der Waals surface area contributed by atoms with Crippen molar-refractivity contribution in [1.82, 2.24) is 14.1 Å². The van der Waals surface area contributed by atoms with Gasteiger partial charge in [0.2, 0.25) is 0 Å². The van der Waals surface area contributed by atoms with Crippen LogP contribution in [-0.2, 0) is 34.5 Å². The first kappa shape index (κ1) is 47.6. The standard InChI is InChI=1S/C9H8N2O2.C9H10N2.C8H6N2O2.C2H6O.CH3F.CH3I.CH4.CH3.BH4.Pd/c1-10-5-4-7-2-3-8(11(12)13)6-9(7)10;1-11-5-4-7-2-3-8(10)6-9(7)11;11-10(12)7-2-1-6-3-4-9-8(6)5-7;1-2-3;2*1-2;;;;/h2-6H,1H3;2-6H,10H2,1H3;1-5,9H;3H,2H2,1H3;2*1H3;1H4;1H3;1H4;/q;;;;;;;2*-1;/i;;;;1D;;;;;. The topological polar surface area (TPSA) is 158 Å². The van der Waals surface area contributed by atoms with Crippen LogP contribution in [0.25, 0.3) is 32.7 Å². The first-order chi connectivity index (χ1) is 21.1. The van der Waals surface area contributed by atoms with Gasteiger partial charge in [0.25, 0.3) is 11.4 Å². The Morgan fingerprint density at radius 1 is 0.872 bits per heavy atom. The van der Waals surface area contributed by atoms with E-state index in [0.717, 1.165) is 27.5 Å². The molecule has 0 atom stereocenters. The number of rotatable bonds is 2. The molecule has 47 heavy (non-hydrogen) atoms. The summed E-state index contributed by atoms with van der Waals surface area (Å²) in [6.45, 7) is 1.93. The van der Waals surface area contributed by atoms with E-state index in [4.69, 9.17) is 12.2 Å². The van der Waals surface area contributed by atoms with E-state index in [1.807, 2.05) is 66.3 Å². The summed E-state index contributed by atoms with van der Waals surface area (Å²) in [5, 5.41) is 31.6. The number of nitro groups is 2. The minimum absolute atomic E-state index is 0. The number of alkyl halides is 2. The number of aromatic amines is 1. The number of nitrogen functional groups attached to an aromatic ring is 1. The third kappa shape index (κ3) is 15.1. The van der Waals surface area contributed by atoms with E-state index in [1.165, 1.54) is 29.1 Å². The summed E-state index contributed by atoms with van der Waals surface area (Å²) >= 11 is 2.15. The predicted octanol–water partition coefficient (Wildman–Crippen LogP) is 7.19. The molecule has 6 rings (SSSR count). The number of aliphatic hydroxyl groups excluding tert-OH is 1. The van der Waals surface area contributed by atoms with Crippen molar-refractivity contribution in [1.29, 1.82) is 0 Å². The molecular formula is C32H47BFIN6O5Pd-2. The van der Waals surface area contributed by atoms with Gasteiger partial charge in [-0.3, -0.25) is 24.6 Å². The van der Waals surface area contributed by atoms with Gasteiger partial charge in [-0.1, -0.05) is 44.5 Å². The average molecular weight is 860 g/mol. The molecule has 0 fully saturated rings. The van der Waals surface area contributed by atoms with Crippen LogP contribution in [0.5, 0.6) is 0 Å². The molecule has 0 aliphatic heterocycles. The molecule has 4 N–H and O–H groups in total. The SMILES string of the molecule is C.CCO.CI.Cn1ccc2ccc(N)cc21.Cn1ccc2ccc([N+](=O)[O-])cc21.O=[N+]([O-])c1ccc2cc[nH]c2c1.[2H]CF.[BH4-].[CH3-].[Pd]. The second kappa shape index (κ2) is 26.3. The second-order valence-electron chi connectivity index (χ2n) is 8.49. The van der Waals surface area contributed by atoms with Crippen LogP contribution in [0.3, 0.4) is 0 Å². The predicted molar refractivity (Wildman–Crippen MR) is 206 cm³/mol. The largest absolute Gasteiger partial charge is 0.399 e. The van der Waals surface area contributed by atoms with E-state index in [2.05, 4.69) is 38.2 Å². The second-order valence-corrected chi connectivity index (χ2v) is 8.49. The first-order valence-corrected chi connectivity index (χ1v) is 14.8. The Bertz CT molecular complexity index is 1770. The zero-order valence-electron chi connectivity index (χ0n) is 26.6. The Hall–Kier alpha value is -3.77. The van der Waals surface area contributed by atoms with Crippen molar-refractivity contribution in [3.8, 4) is 0 Å². The quantitative estimate of drug-likeness (QED) is 0.0318. The number of aliphatic hydroxyl groups is 1. The fourth-order valence-electron chi connectivity index (χ4n) is 3.79. The van der Waals surface area contributed by atoms with E-state index in [-0.39, 0.29) is 66.6 Å². The summed E-state index contributed by atoms with van der Waals surface area (Å²) in [5.74, 6) is 0. The van der Waals surface area contributed by atoms with Crippen LogP contribution >= 0.6 is 22.6 Å². The number of hydrogen-bond acceptors (Lipinski definition) is 6. The molecule has 3 heterocycles. The number of halogens is 2. The number of non-ortho nitro benzene ring substituents is 2. The van der Waals surface area contributed by atoms with Crippen molar-refractivity contribution in [2.75, 3.05) is 24.4 Å². The molecule has 0 saturated heterocycles. The molecule has 0 spiro atoms. The maximum Gasteiger partial charge on any atom is 0.271 e. The number of benzene rings is 3. The van der Waals surface area contributed by atoms with Gasteiger partial charge in [-0.2, -0.15) is 0 Å². The number of hydrogen-bond donors (Lipinski definition) is 3. The van der Waals surface area contributed by atoms with Crippen LogP contribution < -0.4 is 5.73 Å². The molecule has 0 aliphatic rings. The first-order valence-electron chi connectivity index (χ1n) is 13.3. The van der Waals surface area contributed by atoms with E-state index in [0.29, 0.717) is 0 Å². The third-order valence-corrected chi connectivity index (χ3v) is 5.74. The minimum Gasteiger partial charge on any atom is -0.399 e. The molecule has 6 aromatic rings. The normalized spacial score (nSPS) is 8.96. The molecule has 0 unspecified atom stereocenters. The average Bonchev–Trinajstić information content (AvgIpc) is 3.74. The summed E-state index contributed by atoms with van der Waals surface area (Å²) < 4.78 is 19.4. The van der Waals surface area contributed by atoms with Gasteiger partial charge >= 0.3 is 0 Å². The van der Waals surface area contributed by atoms with Crippen LogP contribution in [0.15, 0.2) is 91.4 Å². The fourth-order valence-corrected chi connectivity index (χ4v) is 3.79. The van der Waals surface area contributed by atoms with E-state index >= 15 is 0 Å². The third-order valence-electron chi connectivity index (χ3n) is 5.74. The van der Waals surface area contributed by atoms with Gasteiger partial charge in [0.1, 0.15) is 0 Å². The maximum absolute atomic E-state index is 10.5. The number of fused-ring (bicyclic) bond motifs is 3. The molecule has 264 valence electrons. The van der Waals surface area contributed by atoms with Crippen molar-refractivity contribution < 1.29 is 41.1 Å². The fraction of sp³-hybridized carbons (Fsp3) is 0.219. The summed E-state index contributed by atoms with van der Waals surface area (Å²) in [6, 6.07) is 21.4. The molecule has 3 aromatic heterocycles. The van der Waals surface area contributed by atoms with Crippen LogP contribution in [0.4, 0.5) is 21.5 Å². The monoisotopic (exact) mass is 859 g/mol.